The second-order valence-corrected chi connectivity index (χ2v) is 8.56. The first-order valence-electron chi connectivity index (χ1n) is 8.51. The summed E-state index contributed by atoms with van der Waals surface area (Å²) in [7, 11) is -2.95. The van der Waals surface area contributed by atoms with Gasteiger partial charge in [-0.05, 0) is 36.2 Å². The van der Waals surface area contributed by atoms with Crippen molar-refractivity contribution in [2.45, 2.75) is 13.0 Å². The number of rotatable bonds is 8. The summed E-state index contributed by atoms with van der Waals surface area (Å²) in [6.07, 6.45) is 1.92. The lowest BCUT2D eigenvalue weighted by molar-refractivity contribution is 0.492. The van der Waals surface area contributed by atoms with Crippen LogP contribution < -0.4 is 11.1 Å². The number of sulfone groups is 1. The van der Waals surface area contributed by atoms with Crippen molar-refractivity contribution in [2.75, 3.05) is 25.1 Å². The largest absolute Gasteiger partial charge is 0.419 e. The fraction of sp³-hybridized carbons (Fsp3) is 0.316. The van der Waals surface area contributed by atoms with E-state index in [1.165, 1.54) is 6.26 Å². The van der Waals surface area contributed by atoms with Gasteiger partial charge in [-0.15, -0.1) is 12.4 Å². The molecule has 1 heterocycles. The molecule has 1 aromatic heterocycles. The maximum absolute atomic E-state index is 12.1. The van der Waals surface area contributed by atoms with Crippen molar-refractivity contribution in [3.05, 3.63) is 59.1 Å². The fourth-order valence-corrected chi connectivity index (χ4v) is 3.34. The first-order valence-corrected chi connectivity index (χ1v) is 10.6. The average molecular weight is 411 g/mol. The summed E-state index contributed by atoms with van der Waals surface area (Å²) in [6.45, 7) is 1.56. The van der Waals surface area contributed by atoms with Gasteiger partial charge in [0.1, 0.15) is 9.84 Å². The van der Waals surface area contributed by atoms with Gasteiger partial charge in [-0.2, -0.15) is 0 Å². The number of nitrogens with zero attached hydrogens (tertiary/aromatic N) is 1. The van der Waals surface area contributed by atoms with Gasteiger partial charge in [0.2, 0.25) is 0 Å². The van der Waals surface area contributed by atoms with Gasteiger partial charge in [-0.25, -0.2) is 13.2 Å². The Morgan fingerprint density at radius 2 is 1.78 bits per heavy atom. The third-order valence-electron chi connectivity index (χ3n) is 4.16. The Bertz CT molecular complexity index is 1040. The molecule has 0 saturated carbocycles. The molecule has 3 rings (SSSR count). The number of hydrogen-bond donors (Lipinski definition) is 1. The summed E-state index contributed by atoms with van der Waals surface area (Å²) in [5, 5.41) is 3.08. The standard InChI is InChI=1S/C19H22N2O4S.ClH/c1-26(23,24)13-11-20-10-5-12-21-17-14-16(15-6-3-2-4-7-15)8-9-18(17)25-19(21)22;/h2-4,6-9,14,20H,5,10-13H2,1H3;1H. The zero-order valence-electron chi connectivity index (χ0n) is 15.1. The van der Waals surface area contributed by atoms with Crippen molar-refractivity contribution in [3.8, 4) is 11.1 Å². The highest BCUT2D eigenvalue weighted by Crippen LogP contribution is 2.24. The second-order valence-electron chi connectivity index (χ2n) is 6.30. The molecule has 0 fully saturated rings. The predicted octanol–water partition coefficient (Wildman–Crippen LogP) is 2.71. The number of aryl methyl sites for hydroxylation is 1. The van der Waals surface area contributed by atoms with Crippen LogP contribution in [0.1, 0.15) is 6.42 Å². The lowest BCUT2D eigenvalue weighted by atomic mass is 10.1. The first kappa shape index (κ1) is 21.2. The van der Waals surface area contributed by atoms with Gasteiger partial charge in [0.05, 0.1) is 11.3 Å². The quantitative estimate of drug-likeness (QED) is 0.577. The van der Waals surface area contributed by atoms with Crippen LogP contribution in [-0.4, -0.2) is 38.1 Å². The van der Waals surface area contributed by atoms with Gasteiger partial charge in [-0.3, -0.25) is 4.57 Å². The number of halogens is 1. The summed E-state index contributed by atoms with van der Waals surface area (Å²) in [5.74, 6) is -0.261. The summed E-state index contributed by atoms with van der Waals surface area (Å²) in [4.78, 5) is 12.1. The van der Waals surface area contributed by atoms with E-state index in [1.807, 2.05) is 48.5 Å². The van der Waals surface area contributed by atoms with Crippen LogP contribution >= 0.6 is 12.4 Å². The van der Waals surface area contributed by atoms with Gasteiger partial charge in [0.25, 0.3) is 0 Å². The van der Waals surface area contributed by atoms with Crippen LogP contribution in [0.15, 0.2) is 57.7 Å². The van der Waals surface area contributed by atoms with E-state index in [1.54, 1.807) is 4.57 Å². The van der Waals surface area contributed by atoms with Crippen molar-refractivity contribution in [1.29, 1.82) is 0 Å². The Balaban J connectivity index is 0.00000261. The molecule has 0 bridgehead atoms. The van der Waals surface area contributed by atoms with Gasteiger partial charge in [0.15, 0.2) is 5.58 Å². The zero-order valence-corrected chi connectivity index (χ0v) is 16.7. The molecule has 27 heavy (non-hydrogen) atoms. The highest BCUT2D eigenvalue weighted by atomic mass is 35.5. The minimum atomic E-state index is -2.95. The molecule has 0 unspecified atom stereocenters. The van der Waals surface area contributed by atoms with Crippen LogP contribution in [0.5, 0.6) is 0 Å². The predicted molar refractivity (Wildman–Crippen MR) is 110 cm³/mol. The Morgan fingerprint density at radius 3 is 2.48 bits per heavy atom. The number of aromatic nitrogens is 1. The summed E-state index contributed by atoms with van der Waals surface area (Å²) >= 11 is 0. The lowest BCUT2D eigenvalue weighted by Crippen LogP contribution is -2.25. The molecule has 0 radical (unpaired) electrons. The Morgan fingerprint density at radius 1 is 1.04 bits per heavy atom. The third kappa shape index (κ3) is 5.69. The van der Waals surface area contributed by atoms with E-state index >= 15 is 0 Å². The molecular weight excluding hydrogens is 388 g/mol. The monoisotopic (exact) mass is 410 g/mol. The van der Waals surface area contributed by atoms with Gasteiger partial charge in [-0.1, -0.05) is 36.4 Å². The maximum atomic E-state index is 12.1. The summed E-state index contributed by atoms with van der Waals surface area (Å²) < 4.78 is 29.1. The first-order chi connectivity index (χ1) is 12.4. The van der Waals surface area contributed by atoms with Crippen molar-refractivity contribution in [2.24, 2.45) is 0 Å². The molecular formula is C19H23ClN2O4S. The Kier molecular flexibility index (Phi) is 7.24. The average Bonchev–Trinajstić information content (AvgIpc) is 2.92. The van der Waals surface area contributed by atoms with Crippen LogP contribution in [0.3, 0.4) is 0 Å². The Hall–Kier alpha value is -2.09. The number of nitrogens with one attached hydrogen (secondary N) is 1. The van der Waals surface area contributed by atoms with Crippen molar-refractivity contribution < 1.29 is 12.8 Å². The molecule has 3 aromatic rings. The molecule has 0 aliphatic heterocycles. The molecule has 8 heteroatoms. The Labute approximate surface area is 164 Å². The van der Waals surface area contributed by atoms with E-state index in [4.69, 9.17) is 4.42 Å². The molecule has 0 saturated heterocycles. The molecule has 146 valence electrons. The van der Waals surface area contributed by atoms with Gasteiger partial charge < -0.3 is 9.73 Å². The molecule has 6 nitrogen and oxygen atoms in total. The normalized spacial score (nSPS) is 11.4. The highest BCUT2D eigenvalue weighted by Gasteiger charge is 2.10. The van der Waals surface area contributed by atoms with Crippen LogP contribution in [-0.2, 0) is 16.4 Å². The second kappa shape index (κ2) is 9.21. The van der Waals surface area contributed by atoms with Gasteiger partial charge in [0, 0.05) is 19.3 Å². The minimum Gasteiger partial charge on any atom is -0.408 e. The molecule has 0 aliphatic rings. The molecule has 0 atom stereocenters. The van der Waals surface area contributed by atoms with E-state index < -0.39 is 9.84 Å². The molecule has 0 amide bonds. The lowest BCUT2D eigenvalue weighted by Gasteiger charge is -2.06. The maximum Gasteiger partial charge on any atom is 0.419 e. The molecule has 1 N–H and O–H groups in total. The summed E-state index contributed by atoms with van der Waals surface area (Å²) in [5.41, 5.74) is 3.45. The SMILES string of the molecule is CS(=O)(=O)CCNCCCn1c(=O)oc2ccc(-c3ccccc3)cc21.Cl. The van der Waals surface area contributed by atoms with E-state index in [0.717, 1.165) is 16.6 Å². The topological polar surface area (TPSA) is 81.3 Å². The van der Waals surface area contributed by atoms with Crippen molar-refractivity contribution in [3.63, 3.8) is 0 Å². The summed E-state index contributed by atoms with van der Waals surface area (Å²) in [6, 6.07) is 15.7. The van der Waals surface area contributed by atoms with E-state index in [0.29, 0.717) is 31.6 Å². The van der Waals surface area contributed by atoms with Crippen LogP contribution in [0.25, 0.3) is 22.2 Å². The zero-order chi connectivity index (χ0) is 18.6. The van der Waals surface area contributed by atoms with E-state index in [9.17, 15) is 13.2 Å². The number of benzene rings is 2. The van der Waals surface area contributed by atoms with Gasteiger partial charge >= 0.3 is 5.76 Å². The smallest absolute Gasteiger partial charge is 0.408 e. The van der Waals surface area contributed by atoms with Crippen LogP contribution in [0, 0.1) is 0 Å². The van der Waals surface area contributed by atoms with Crippen LogP contribution in [0.2, 0.25) is 0 Å². The molecule has 2 aromatic carbocycles. The number of fused-ring (bicyclic) bond motifs is 1. The van der Waals surface area contributed by atoms with Crippen molar-refractivity contribution >= 4 is 33.3 Å². The highest BCUT2D eigenvalue weighted by molar-refractivity contribution is 7.90. The third-order valence-corrected chi connectivity index (χ3v) is 5.11. The minimum absolute atomic E-state index is 0. The fourth-order valence-electron chi connectivity index (χ4n) is 2.83. The number of oxazole rings is 1. The van der Waals surface area contributed by atoms with Crippen molar-refractivity contribution in [1.82, 2.24) is 9.88 Å². The van der Waals surface area contributed by atoms with Crippen LogP contribution in [0.4, 0.5) is 0 Å². The molecule has 0 aliphatic carbocycles. The number of hydrogen-bond acceptors (Lipinski definition) is 5. The van der Waals surface area contributed by atoms with E-state index in [-0.39, 0.29) is 23.9 Å². The van der Waals surface area contributed by atoms with E-state index in [2.05, 4.69) is 5.32 Å². The molecule has 0 spiro atoms.